The minimum Gasteiger partial charge on any atom is -0.499 e. The van der Waals surface area contributed by atoms with Gasteiger partial charge in [0.05, 0.1) is 42.4 Å². The first kappa shape index (κ1) is 41.8. The van der Waals surface area contributed by atoms with Crippen molar-refractivity contribution in [3.05, 3.63) is 130 Å². The summed E-state index contributed by atoms with van der Waals surface area (Å²) >= 11 is 0. The van der Waals surface area contributed by atoms with Crippen LogP contribution >= 0.6 is 0 Å². The largest absolute Gasteiger partial charge is 0.499 e. The summed E-state index contributed by atoms with van der Waals surface area (Å²) in [5.41, 5.74) is 15.9. The molecule has 9 heteroatoms. The van der Waals surface area contributed by atoms with Crippen LogP contribution in [0, 0.1) is 72.3 Å². The van der Waals surface area contributed by atoms with Gasteiger partial charge in [0.1, 0.15) is 5.58 Å². The third-order valence-electron chi connectivity index (χ3n) is 10.3. The van der Waals surface area contributed by atoms with E-state index < -0.39 is 8.07 Å². The number of imidazole rings is 1. The molecule has 5 heterocycles. The zero-order valence-corrected chi connectivity index (χ0v) is 38.4. The normalized spacial score (nSPS) is 11.7. The third kappa shape index (κ3) is 8.29. The molecule has 0 atom stereocenters. The fourth-order valence-corrected chi connectivity index (χ4v) is 9.56. The van der Waals surface area contributed by atoms with Crippen LogP contribution in [0.2, 0.25) is 19.6 Å². The summed E-state index contributed by atoms with van der Waals surface area (Å²) < 4.78 is 22.2. The minimum atomic E-state index is -1.43. The van der Waals surface area contributed by atoms with Crippen LogP contribution in [0.15, 0.2) is 71.4 Å². The number of fused-ring (bicyclic) bond motifs is 4. The van der Waals surface area contributed by atoms with Gasteiger partial charge in [0, 0.05) is 54.6 Å². The third-order valence-corrected chi connectivity index (χ3v) is 12.3. The van der Waals surface area contributed by atoms with Crippen LogP contribution in [0.4, 0.5) is 4.39 Å². The second kappa shape index (κ2) is 16.2. The van der Waals surface area contributed by atoms with Crippen molar-refractivity contribution in [2.24, 2.45) is 5.92 Å². The average molecular weight is 952 g/mol. The predicted octanol–water partition coefficient (Wildman–Crippen LogP) is 11.8. The van der Waals surface area contributed by atoms with E-state index in [1.807, 2.05) is 39.2 Å². The number of aromatic nitrogens is 5. The van der Waals surface area contributed by atoms with Crippen LogP contribution in [0.1, 0.15) is 58.7 Å². The molecule has 0 spiro atoms. The van der Waals surface area contributed by atoms with E-state index in [0.717, 1.165) is 90.4 Å². The van der Waals surface area contributed by atoms with Crippen molar-refractivity contribution in [2.75, 3.05) is 0 Å². The number of benzene rings is 3. The van der Waals surface area contributed by atoms with E-state index in [0.29, 0.717) is 5.92 Å². The van der Waals surface area contributed by atoms with E-state index in [1.165, 1.54) is 39.6 Å². The number of rotatable bonds is 6. The second-order valence-corrected chi connectivity index (χ2v) is 21.7. The number of nitrogens with zero attached hydrogens (tertiary/aromatic N) is 5. The molecule has 0 bridgehead atoms. The number of hydrogen-bond acceptors (Lipinski definition) is 5. The van der Waals surface area contributed by atoms with E-state index in [-0.39, 0.29) is 25.9 Å². The summed E-state index contributed by atoms with van der Waals surface area (Å²) in [7, 11) is -1.43. The zero-order valence-electron chi connectivity index (χ0n) is 35.0. The Morgan fingerprint density at radius 1 is 0.807 bits per heavy atom. The molecule has 0 saturated heterocycles. The Morgan fingerprint density at radius 2 is 1.53 bits per heavy atom. The molecule has 6 nitrogen and oxygen atoms in total. The van der Waals surface area contributed by atoms with Gasteiger partial charge in [0.15, 0.2) is 0 Å². The maximum absolute atomic E-state index is 13.4. The van der Waals surface area contributed by atoms with Crippen LogP contribution in [0.3, 0.4) is 0 Å². The molecular weight excluding hydrogens is 902 g/mol. The van der Waals surface area contributed by atoms with Gasteiger partial charge >= 0.3 is 0 Å². The molecule has 5 aromatic heterocycles. The molecule has 0 N–H and O–H groups in total. The first-order valence-corrected chi connectivity index (χ1v) is 22.8. The molecule has 57 heavy (non-hydrogen) atoms. The van der Waals surface area contributed by atoms with Gasteiger partial charge in [-0.15, -0.1) is 47.5 Å². The minimum absolute atomic E-state index is 0. The van der Waals surface area contributed by atoms with Gasteiger partial charge in [-0.1, -0.05) is 80.7 Å². The van der Waals surface area contributed by atoms with E-state index in [4.69, 9.17) is 9.40 Å². The summed E-state index contributed by atoms with van der Waals surface area (Å²) in [5, 5.41) is 3.57. The Morgan fingerprint density at radius 3 is 2.19 bits per heavy atom. The van der Waals surface area contributed by atoms with Crippen LogP contribution in [-0.2, 0) is 26.5 Å². The number of pyridine rings is 3. The van der Waals surface area contributed by atoms with Crippen molar-refractivity contribution in [3.8, 4) is 28.3 Å². The number of furan rings is 1. The molecule has 295 valence electrons. The van der Waals surface area contributed by atoms with Gasteiger partial charge < -0.3 is 14.0 Å². The molecule has 8 rings (SSSR count). The Labute approximate surface area is 350 Å². The zero-order chi connectivity index (χ0) is 40.2. The SMILES string of the molecule is CC(C)Cc1cc(-c2[c-]ccc(F)c2)ncc1[Si](C)(C)C.Cc1cc(C)c(-n2c(-c3[c-]cc(C)c4c3oc3c(C)nc(C)cc34)nc3cnc(C)cc32)c(C)c1.[Ir]. The molecular formula is C48H50FIrN5OSi-2. The predicted molar refractivity (Wildman–Crippen MR) is 231 cm³/mol. The van der Waals surface area contributed by atoms with Crippen LogP contribution in [0.5, 0.6) is 0 Å². The van der Waals surface area contributed by atoms with Crippen molar-refractivity contribution in [2.45, 2.75) is 88.4 Å². The first-order valence-electron chi connectivity index (χ1n) is 19.3. The summed E-state index contributed by atoms with van der Waals surface area (Å²) in [4.78, 5) is 18.8. The van der Waals surface area contributed by atoms with Crippen LogP contribution in [0.25, 0.3) is 61.3 Å². The Hall–Kier alpha value is -4.82. The topological polar surface area (TPSA) is 69.6 Å². The van der Waals surface area contributed by atoms with E-state index in [1.54, 1.807) is 6.07 Å². The number of halogens is 1. The van der Waals surface area contributed by atoms with Gasteiger partial charge in [-0.3, -0.25) is 15.0 Å². The first-order chi connectivity index (χ1) is 26.5. The maximum Gasteiger partial charge on any atom is 0.142 e. The molecule has 0 aliphatic rings. The van der Waals surface area contributed by atoms with E-state index in [2.05, 4.69) is 123 Å². The molecule has 0 aliphatic heterocycles. The van der Waals surface area contributed by atoms with Gasteiger partial charge in [0.2, 0.25) is 0 Å². The smallest absolute Gasteiger partial charge is 0.142 e. The fourth-order valence-electron chi connectivity index (χ4n) is 7.97. The van der Waals surface area contributed by atoms with Gasteiger partial charge in [-0.05, 0) is 88.0 Å². The standard InChI is InChI=1S/C30H27N4O.C18H23FNSi.Ir/c1-15-10-17(3)27(18(4)11-15)34-25-13-19(5)31-14-24(25)33-30(34)22-9-8-16(2)26-23-12-20(6)32-21(7)28(23)35-29(22)26;1-13(2)9-15-11-17(14-7-6-8-16(19)10-14)20-12-18(15)21(3,4)5;/h8,10-14H,1-7H3;6,8,10-13H,9H2,1-5H3;/q2*-1;. The Kier molecular flexibility index (Phi) is 11.9. The fraction of sp³-hybridized carbons (Fsp3) is 0.292. The van der Waals surface area contributed by atoms with Gasteiger partial charge in [-0.25, -0.2) is 4.39 Å². The molecule has 0 amide bonds. The molecule has 3 aromatic carbocycles. The van der Waals surface area contributed by atoms with Crippen molar-refractivity contribution in [3.63, 3.8) is 0 Å². The summed E-state index contributed by atoms with van der Waals surface area (Å²) in [6.07, 6.45) is 4.88. The summed E-state index contributed by atoms with van der Waals surface area (Å²) in [5.74, 6) is 1.14. The summed E-state index contributed by atoms with van der Waals surface area (Å²) in [6.45, 7) is 26.0. The molecule has 0 saturated carbocycles. The molecule has 1 radical (unpaired) electrons. The Balaban J connectivity index is 0.000000215. The molecule has 0 unspecified atom stereocenters. The van der Waals surface area contributed by atoms with E-state index in [9.17, 15) is 4.39 Å². The van der Waals surface area contributed by atoms with Gasteiger partial charge in [-0.2, -0.15) is 0 Å². The molecule has 8 aromatic rings. The number of aryl methyl sites for hydroxylation is 7. The van der Waals surface area contributed by atoms with Crippen LogP contribution < -0.4 is 5.19 Å². The maximum atomic E-state index is 13.4. The van der Waals surface area contributed by atoms with Crippen molar-refractivity contribution in [1.29, 1.82) is 0 Å². The molecule has 0 aliphatic carbocycles. The Bertz CT molecular complexity index is 2770. The quantitative estimate of drug-likeness (QED) is 0.123. The monoisotopic (exact) mass is 952 g/mol. The van der Waals surface area contributed by atoms with Gasteiger partial charge in [0.25, 0.3) is 0 Å². The average Bonchev–Trinajstić information content (AvgIpc) is 3.67. The molecule has 0 fully saturated rings. The van der Waals surface area contributed by atoms with Crippen LogP contribution in [-0.4, -0.2) is 32.6 Å². The summed E-state index contributed by atoms with van der Waals surface area (Å²) in [6, 6.07) is 23.9. The van der Waals surface area contributed by atoms with Crippen molar-refractivity contribution < 1.29 is 28.9 Å². The van der Waals surface area contributed by atoms with Crippen molar-refractivity contribution in [1.82, 2.24) is 24.5 Å². The van der Waals surface area contributed by atoms with E-state index >= 15 is 0 Å². The van der Waals surface area contributed by atoms with Crippen molar-refractivity contribution >= 4 is 46.2 Å². The number of hydrogen-bond donors (Lipinski definition) is 0. The second-order valence-electron chi connectivity index (χ2n) is 16.7.